The molecule has 0 bridgehead atoms. The number of benzene rings is 2. The van der Waals surface area contributed by atoms with Gasteiger partial charge >= 0.3 is 0 Å². The first-order valence-electron chi connectivity index (χ1n) is 11.1. The van der Waals surface area contributed by atoms with Crippen molar-refractivity contribution >= 4 is 15.9 Å². The number of nitrogens with zero attached hydrogens (tertiary/aromatic N) is 1. The van der Waals surface area contributed by atoms with Crippen LogP contribution >= 0.6 is 0 Å². The highest BCUT2D eigenvalue weighted by Crippen LogP contribution is 2.21. The van der Waals surface area contributed by atoms with Crippen LogP contribution in [-0.4, -0.2) is 38.9 Å². The highest BCUT2D eigenvalue weighted by atomic mass is 32.2. The largest absolute Gasteiger partial charge is 0.468 e. The number of furan rings is 1. The molecule has 8 heteroatoms. The van der Waals surface area contributed by atoms with Crippen molar-refractivity contribution in [3.8, 4) is 0 Å². The van der Waals surface area contributed by atoms with Gasteiger partial charge in [0, 0.05) is 18.7 Å². The van der Waals surface area contributed by atoms with Gasteiger partial charge in [-0.1, -0.05) is 50.2 Å². The molecule has 33 heavy (non-hydrogen) atoms. The number of likely N-dealkylation sites (N-methyl/N-ethyl adjacent to an activating group) is 1. The molecule has 7 nitrogen and oxygen atoms in total. The average Bonchev–Trinajstić information content (AvgIpc) is 3.36. The minimum absolute atomic E-state index is 0.0560. The third-order valence-electron chi connectivity index (χ3n) is 5.65. The van der Waals surface area contributed by atoms with E-state index in [0.29, 0.717) is 17.7 Å². The number of carbonyl (C=O) groups excluding carboxylic acids is 1. The maximum absolute atomic E-state index is 13.0. The zero-order valence-electron chi connectivity index (χ0n) is 19.2. The normalized spacial score (nSPS) is 12.6. The van der Waals surface area contributed by atoms with Gasteiger partial charge in [-0.05, 0) is 55.4 Å². The summed E-state index contributed by atoms with van der Waals surface area (Å²) in [4.78, 5) is 15.3. The van der Waals surface area contributed by atoms with E-state index in [9.17, 15) is 13.2 Å². The Morgan fingerprint density at radius 3 is 2.39 bits per heavy atom. The van der Waals surface area contributed by atoms with Gasteiger partial charge in [-0.3, -0.25) is 9.69 Å². The zero-order chi connectivity index (χ0) is 23.8. The number of nitrogens with one attached hydrogen (secondary N) is 2. The molecule has 0 aliphatic heterocycles. The molecule has 3 rings (SSSR count). The Hall–Kier alpha value is -2.94. The SMILES string of the molecule is CCN(CC)C(CNC(=O)c1cc(S(=O)(=O)NCc2ccccc2)ccc1C)c1ccco1. The first-order chi connectivity index (χ1) is 15.9. The predicted octanol–water partition coefficient (Wildman–Crippen LogP) is 3.88. The van der Waals surface area contributed by atoms with Gasteiger partial charge in [0.2, 0.25) is 10.0 Å². The van der Waals surface area contributed by atoms with E-state index in [1.165, 1.54) is 12.1 Å². The van der Waals surface area contributed by atoms with Crippen molar-refractivity contribution in [1.82, 2.24) is 14.9 Å². The van der Waals surface area contributed by atoms with E-state index in [2.05, 4.69) is 28.8 Å². The fourth-order valence-electron chi connectivity index (χ4n) is 3.71. The molecule has 0 saturated carbocycles. The molecule has 1 amide bonds. The first kappa shape index (κ1) is 24.7. The number of hydrogen-bond acceptors (Lipinski definition) is 5. The Morgan fingerprint density at radius 2 is 1.76 bits per heavy atom. The third-order valence-corrected chi connectivity index (χ3v) is 7.05. The van der Waals surface area contributed by atoms with E-state index in [1.807, 2.05) is 42.5 Å². The van der Waals surface area contributed by atoms with E-state index in [0.717, 1.165) is 24.4 Å². The van der Waals surface area contributed by atoms with Crippen molar-refractivity contribution in [1.29, 1.82) is 0 Å². The molecule has 0 aliphatic carbocycles. The van der Waals surface area contributed by atoms with E-state index in [1.54, 1.807) is 19.3 Å². The van der Waals surface area contributed by atoms with Crippen molar-refractivity contribution in [3.05, 3.63) is 89.4 Å². The summed E-state index contributed by atoms with van der Waals surface area (Å²) in [5, 5.41) is 2.96. The van der Waals surface area contributed by atoms with Crippen molar-refractivity contribution in [3.63, 3.8) is 0 Å². The van der Waals surface area contributed by atoms with E-state index >= 15 is 0 Å². The quantitative estimate of drug-likeness (QED) is 0.445. The van der Waals surface area contributed by atoms with E-state index in [-0.39, 0.29) is 23.4 Å². The van der Waals surface area contributed by atoms with Crippen molar-refractivity contribution in [2.75, 3.05) is 19.6 Å². The molecule has 0 radical (unpaired) electrons. The van der Waals surface area contributed by atoms with Crippen LogP contribution in [0.3, 0.4) is 0 Å². The Bertz CT molecular complexity index is 1140. The van der Waals surface area contributed by atoms with Crippen LogP contribution in [0.15, 0.2) is 76.2 Å². The molecule has 1 aromatic heterocycles. The molecule has 2 aromatic carbocycles. The molecule has 0 aliphatic rings. The monoisotopic (exact) mass is 469 g/mol. The highest BCUT2D eigenvalue weighted by Gasteiger charge is 2.23. The Kier molecular flexibility index (Phi) is 8.43. The molecule has 0 saturated heterocycles. The van der Waals surface area contributed by atoms with E-state index < -0.39 is 10.0 Å². The molecular weight excluding hydrogens is 438 g/mol. The lowest BCUT2D eigenvalue weighted by Gasteiger charge is -2.28. The van der Waals surface area contributed by atoms with Crippen molar-refractivity contribution in [2.24, 2.45) is 0 Å². The van der Waals surface area contributed by atoms with Gasteiger partial charge in [0.25, 0.3) is 5.91 Å². The lowest BCUT2D eigenvalue weighted by molar-refractivity contribution is 0.0929. The van der Waals surface area contributed by atoms with Crippen molar-refractivity contribution < 1.29 is 17.6 Å². The summed E-state index contributed by atoms with van der Waals surface area (Å²) in [6.45, 7) is 8.03. The number of aryl methyl sites for hydroxylation is 1. The van der Waals surface area contributed by atoms with Gasteiger partial charge in [-0.2, -0.15) is 0 Å². The van der Waals surface area contributed by atoms with Crippen LogP contribution in [0.1, 0.15) is 47.1 Å². The second-order valence-corrected chi connectivity index (χ2v) is 9.52. The number of sulfonamides is 1. The van der Waals surface area contributed by atoms with Crippen LogP contribution in [0.4, 0.5) is 0 Å². The Labute approximate surface area is 195 Å². The van der Waals surface area contributed by atoms with Gasteiger partial charge in [-0.15, -0.1) is 0 Å². The first-order valence-corrected chi connectivity index (χ1v) is 12.5. The minimum Gasteiger partial charge on any atom is -0.468 e. The summed E-state index contributed by atoms with van der Waals surface area (Å²) in [6.07, 6.45) is 1.62. The second-order valence-electron chi connectivity index (χ2n) is 7.75. The van der Waals surface area contributed by atoms with Crippen LogP contribution < -0.4 is 10.0 Å². The fourth-order valence-corrected chi connectivity index (χ4v) is 4.75. The van der Waals surface area contributed by atoms with E-state index in [4.69, 9.17) is 4.42 Å². The van der Waals surface area contributed by atoms with Gasteiger partial charge in [-0.25, -0.2) is 13.1 Å². The van der Waals surface area contributed by atoms with Crippen LogP contribution in [0.2, 0.25) is 0 Å². The van der Waals surface area contributed by atoms with Gasteiger partial charge in [0.15, 0.2) is 0 Å². The number of rotatable bonds is 11. The molecule has 176 valence electrons. The lowest BCUT2D eigenvalue weighted by Crippen LogP contribution is -2.38. The van der Waals surface area contributed by atoms with Crippen LogP contribution in [0.25, 0.3) is 0 Å². The van der Waals surface area contributed by atoms with Gasteiger partial charge in [0.05, 0.1) is 17.2 Å². The lowest BCUT2D eigenvalue weighted by atomic mass is 10.1. The Balaban J connectivity index is 1.74. The van der Waals surface area contributed by atoms with Gasteiger partial charge < -0.3 is 9.73 Å². The molecular formula is C25H31N3O4S. The summed E-state index contributed by atoms with van der Waals surface area (Å²) in [6, 6.07) is 17.5. The molecule has 2 N–H and O–H groups in total. The van der Waals surface area contributed by atoms with Crippen LogP contribution in [0.5, 0.6) is 0 Å². The molecule has 0 fully saturated rings. The minimum atomic E-state index is -3.77. The van der Waals surface area contributed by atoms with Crippen molar-refractivity contribution in [2.45, 2.75) is 38.3 Å². The van der Waals surface area contributed by atoms with Gasteiger partial charge in [0.1, 0.15) is 5.76 Å². The third kappa shape index (κ3) is 6.31. The predicted molar refractivity (Wildman–Crippen MR) is 128 cm³/mol. The molecule has 1 unspecified atom stereocenters. The Morgan fingerprint density at radius 1 is 1.03 bits per heavy atom. The highest BCUT2D eigenvalue weighted by molar-refractivity contribution is 7.89. The molecule has 1 heterocycles. The second kappa shape index (κ2) is 11.3. The number of amides is 1. The maximum Gasteiger partial charge on any atom is 0.251 e. The molecule has 1 atom stereocenters. The molecule has 0 spiro atoms. The summed E-state index contributed by atoms with van der Waals surface area (Å²) >= 11 is 0. The summed E-state index contributed by atoms with van der Waals surface area (Å²) in [7, 11) is -3.77. The summed E-state index contributed by atoms with van der Waals surface area (Å²) in [5.41, 5.74) is 1.88. The zero-order valence-corrected chi connectivity index (χ0v) is 20.1. The van der Waals surface area contributed by atoms with Crippen LogP contribution in [-0.2, 0) is 16.6 Å². The van der Waals surface area contributed by atoms with Crippen LogP contribution in [0, 0.1) is 6.92 Å². The smallest absolute Gasteiger partial charge is 0.251 e. The summed E-state index contributed by atoms with van der Waals surface area (Å²) in [5.74, 6) is 0.452. The standard InChI is InChI=1S/C25H31N3O4S/c1-4-28(5-2)23(24-12-9-15-32-24)18-26-25(29)22-16-21(14-13-19(22)3)33(30,31)27-17-20-10-7-6-8-11-20/h6-16,23,27H,4-5,17-18H2,1-3H3,(H,26,29). The number of carbonyl (C=O) groups is 1. The number of hydrogen-bond donors (Lipinski definition) is 2. The fraction of sp³-hybridized carbons (Fsp3) is 0.320. The molecule has 3 aromatic rings. The maximum atomic E-state index is 13.0. The average molecular weight is 470 g/mol. The topological polar surface area (TPSA) is 91.7 Å². The summed E-state index contributed by atoms with van der Waals surface area (Å²) < 4.78 is 33.8.